The lowest BCUT2D eigenvalue weighted by Gasteiger charge is -2.35. The van der Waals surface area contributed by atoms with E-state index in [2.05, 4.69) is 46.1 Å². The van der Waals surface area contributed by atoms with E-state index in [0.717, 1.165) is 18.7 Å². The second kappa shape index (κ2) is 10.1. The van der Waals surface area contributed by atoms with Crippen molar-refractivity contribution in [1.29, 1.82) is 0 Å². The molecular weight excluding hydrogens is 508 g/mol. The fourth-order valence-corrected chi connectivity index (χ4v) is 4.88. The number of hydrogen-bond acceptors (Lipinski definition) is 11. The lowest BCUT2D eigenvalue weighted by Crippen LogP contribution is -2.48. The lowest BCUT2D eigenvalue weighted by atomic mass is 10.1. The number of aromatic nitrogens is 6. The number of ether oxygens (including phenoxy) is 3. The maximum absolute atomic E-state index is 13.5. The standard InChI is InChI=1S/C24H28N10O5/c1-24(2)38-13-16(39-24)12-37-15-5-7-25-19(9-15)28-23(36)34-14-6-8-33(11-14)18-4-3-17(27-21(18)34)22(35)26-10-20-29-31-32-30-20/h3-5,7,9,14,16H,6,8,10-13H2,1-2H3,(H,26,35)(H,25,28,36)(H,29,30,31,32)/t14-,16?/m0/s1. The Morgan fingerprint density at radius 1 is 1.28 bits per heavy atom. The number of carbonyl (C=O) groups is 2. The summed E-state index contributed by atoms with van der Waals surface area (Å²) in [7, 11) is 0. The van der Waals surface area contributed by atoms with E-state index in [4.69, 9.17) is 14.2 Å². The molecule has 2 atom stereocenters. The third-order valence-electron chi connectivity index (χ3n) is 6.68. The fourth-order valence-electron chi connectivity index (χ4n) is 4.88. The summed E-state index contributed by atoms with van der Waals surface area (Å²) in [6.07, 6.45) is 2.15. The van der Waals surface area contributed by atoms with Crippen LogP contribution in [0.25, 0.3) is 0 Å². The van der Waals surface area contributed by atoms with E-state index < -0.39 is 11.7 Å². The van der Waals surface area contributed by atoms with Crippen molar-refractivity contribution in [3.8, 4) is 5.75 Å². The van der Waals surface area contributed by atoms with Crippen LogP contribution in [0.1, 0.15) is 36.6 Å². The van der Waals surface area contributed by atoms with Crippen molar-refractivity contribution in [2.24, 2.45) is 0 Å². The minimum Gasteiger partial charge on any atom is -0.491 e. The van der Waals surface area contributed by atoms with Crippen LogP contribution in [0.4, 0.5) is 22.1 Å². The zero-order chi connectivity index (χ0) is 27.0. The predicted molar refractivity (Wildman–Crippen MR) is 136 cm³/mol. The van der Waals surface area contributed by atoms with Gasteiger partial charge >= 0.3 is 6.03 Å². The third kappa shape index (κ3) is 5.31. The highest BCUT2D eigenvalue weighted by molar-refractivity contribution is 6.05. The van der Waals surface area contributed by atoms with Crippen LogP contribution in [-0.2, 0) is 16.0 Å². The molecule has 1 unspecified atom stereocenters. The van der Waals surface area contributed by atoms with Gasteiger partial charge in [0.1, 0.15) is 30.0 Å². The Balaban J connectivity index is 1.16. The number of pyridine rings is 2. The number of H-pyrrole nitrogens is 1. The number of tetrazole rings is 1. The first kappa shape index (κ1) is 24.9. The second-order valence-electron chi connectivity index (χ2n) is 9.90. The molecule has 15 heteroatoms. The largest absolute Gasteiger partial charge is 0.491 e. The average molecular weight is 537 g/mol. The smallest absolute Gasteiger partial charge is 0.329 e. The highest BCUT2D eigenvalue weighted by Crippen LogP contribution is 2.39. The van der Waals surface area contributed by atoms with Gasteiger partial charge in [0.15, 0.2) is 17.4 Å². The van der Waals surface area contributed by atoms with E-state index in [-0.39, 0.29) is 30.4 Å². The molecule has 2 fully saturated rings. The molecule has 6 rings (SSSR count). The van der Waals surface area contributed by atoms with Gasteiger partial charge in [0.25, 0.3) is 5.91 Å². The van der Waals surface area contributed by atoms with Gasteiger partial charge in [-0.25, -0.2) is 19.9 Å². The van der Waals surface area contributed by atoms with E-state index in [9.17, 15) is 9.59 Å². The van der Waals surface area contributed by atoms with Gasteiger partial charge in [0, 0.05) is 25.4 Å². The van der Waals surface area contributed by atoms with Gasteiger partial charge < -0.3 is 24.4 Å². The molecule has 0 spiro atoms. The predicted octanol–water partition coefficient (Wildman–Crippen LogP) is 1.08. The first-order valence-corrected chi connectivity index (χ1v) is 12.6. The fraction of sp³-hybridized carbons (Fsp3) is 0.458. The van der Waals surface area contributed by atoms with Crippen molar-refractivity contribution in [3.63, 3.8) is 0 Å². The first-order valence-electron chi connectivity index (χ1n) is 12.6. The minimum absolute atomic E-state index is 0.0918. The maximum Gasteiger partial charge on any atom is 0.329 e. The van der Waals surface area contributed by atoms with Gasteiger partial charge in [0.2, 0.25) is 0 Å². The Hall–Kier alpha value is -4.37. The highest BCUT2D eigenvalue weighted by Gasteiger charge is 2.40. The summed E-state index contributed by atoms with van der Waals surface area (Å²) in [4.78, 5) is 39.0. The minimum atomic E-state index is -0.630. The molecular formula is C24H28N10O5. The SMILES string of the molecule is CC1(C)OCC(COc2ccnc(NC(=O)N3c4nc(C(=O)NCc5nnn[nH]5)ccc4N4CC[C@H]3C4)c2)O1. The molecule has 39 heavy (non-hydrogen) atoms. The van der Waals surface area contributed by atoms with Gasteiger partial charge in [-0.3, -0.25) is 15.0 Å². The summed E-state index contributed by atoms with van der Waals surface area (Å²) in [6, 6.07) is 6.34. The molecule has 3 aliphatic heterocycles. The first-order chi connectivity index (χ1) is 18.8. The number of hydrogen-bond donors (Lipinski definition) is 3. The highest BCUT2D eigenvalue weighted by atomic mass is 16.7. The zero-order valence-corrected chi connectivity index (χ0v) is 21.5. The molecule has 3 aliphatic rings. The van der Waals surface area contributed by atoms with Crippen LogP contribution in [0.2, 0.25) is 0 Å². The molecule has 2 saturated heterocycles. The lowest BCUT2D eigenvalue weighted by molar-refractivity contribution is -0.141. The van der Waals surface area contributed by atoms with Gasteiger partial charge in [-0.05, 0) is 48.9 Å². The van der Waals surface area contributed by atoms with Gasteiger partial charge in [-0.15, -0.1) is 5.10 Å². The number of nitrogens with one attached hydrogen (secondary N) is 3. The molecule has 6 heterocycles. The zero-order valence-electron chi connectivity index (χ0n) is 21.5. The number of carbonyl (C=O) groups excluding carboxylic acids is 2. The maximum atomic E-state index is 13.5. The summed E-state index contributed by atoms with van der Waals surface area (Å²) in [5, 5.41) is 18.9. The normalized spacial score (nSPS) is 21.0. The number of anilines is 3. The topological polar surface area (TPSA) is 173 Å². The third-order valence-corrected chi connectivity index (χ3v) is 6.68. The molecule has 0 aromatic carbocycles. The molecule has 3 aromatic rings. The number of nitrogens with zero attached hydrogens (tertiary/aromatic N) is 7. The van der Waals surface area contributed by atoms with E-state index in [0.29, 0.717) is 43.0 Å². The molecule has 0 aliphatic carbocycles. The van der Waals surface area contributed by atoms with Crippen LogP contribution in [0, 0.1) is 0 Å². The average Bonchev–Trinajstić information content (AvgIpc) is 3.67. The van der Waals surface area contributed by atoms with Crippen LogP contribution in [0.3, 0.4) is 0 Å². The Morgan fingerprint density at radius 2 is 2.18 bits per heavy atom. The summed E-state index contributed by atoms with van der Waals surface area (Å²) < 4.78 is 17.2. The molecule has 0 saturated carbocycles. The number of amides is 3. The van der Waals surface area contributed by atoms with Crippen LogP contribution in [-0.4, -0.2) is 86.8 Å². The van der Waals surface area contributed by atoms with E-state index in [1.54, 1.807) is 29.3 Å². The van der Waals surface area contributed by atoms with Gasteiger partial charge in [-0.2, -0.15) is 0 Å². The van der Waals surface area contributed by atoms with Crippen molar-refractivity contribution < 1.29 is 23.8 Å². The number of rotatable bonds is 7. The number of fused-ring (bicyclic) bond motifs is 4. The summed E-state index contributed by atoms with van der Waals surface area (Å²) in [6.45, 7) is 6.05. The second-order valence-corrected chi connectivity index (χ2v) is 9.90. The summed E-state index contributed by atoms with van der Waals surface area (Å²) >= 11 is 0. The van der Waals surface area contributed by atoms with Crippen LogP contribution >= 0.6 is 0 Å². The molecule has 3 N–H and O–H groups in total. The van der Waals surface area contributed by atoms with Gasteiger partial charge in [0.05, 0.1) is 24.9 Å². The van der Waals surface area contributed by atoms with Crippen LogP contribution in [0.15, 0.2) is 30.5 Å². The van der Waals surface area contributed by atoms with E-state index in [1.165, 1.54) is 0 Å². The van der Waals surface area contributed by atoms with Gasteiger partial charge in [-0.1, -0.05) is 0 Å². The molecule has 2 bridgehead atoms. The van der Waals surface area contributed by atoms with Crippen molar-refractivity contribution in [1.82, 2.24) is 35.9 Å². The Bertz CT molecular complexity index is 1370. The van der Waals surface area contributed by atoms with Crippen molar-refractivity contribution in [2.45, 2.75) is 44.7 Å². The summed E-state index contributed by atoms with van der Waals surface area (Å²) in [5.41, 5.74) is 0.970. The van der Waals surface area contributed by atoms with Crippen LogP contribution in [0.5, 0.6) is 5.75 Å². The van der Waals surface area contributed by atoms with Crippen molar-refractivity contribution >= 4 is 29.3 Å². The number of aromatic amines is 1. The molecule has 3 aromatic heterocycles. The Labute approximate surface area is 223 Å². The molecule has 3 amide bonds. The molecule has 0 radical (unpaired) electrons. The molecule has 15 nitrogen and oxygen atoms in total. The molecule has 204 valence electrons. The Kier molecular flexibility index (Phi) is 6.44. The monoisotopic (exact) mass is 536 g/mol. The van der Waals surface area contributed by atoms with E-state index in [1.807, 2.05) is 19.9 Å². The van der Waals surface area contributed by atoms with Crippen LogP contribution < -0.4 is 25.2 Å². The van der Waals surface area contributed by atoms with Crippen molar-refractivity contribution in [2.75, 3.05) is 41.4 Å². The summed E-state index contributed by atoms with van der Waals surface area (Å²) in [5.74, 6) is 0.669. The van der Waals surface area contributed by atoms with E-state index >= 15 is 0 Å². The quantitative estimate of drug-likeness (QED) is 0.394. The Morgan fingerprint density at radius 3 is 2.97 bits per heavy atom. The van der Waals surface area contributed by atoms with Crippen molar-refractivity contribution in [3.05, 3.63) is 42.0 Å². The number of urea groups is 1.